The number of rotatable bonds is 4. The van der Waals surface area contributed by atoms with Crippen LogP contribution in [0.25, 0.3) is 0 Å². The first-order valence-corrected chi connectivity index (χ1v) is 10.7. The van der Waals surface area contributed by atoms with E-state index in [1.807, 2.05) is 12.1 Å². The molecule has 4 rings (SSSR count). The van der Waals surface area contributed by atoms with Crippen LogP contribution in [0.1, 0.15) is 35.7 Å². The van der Waals surface area contributed by atoms with Gasteiger partial charge in [-0.05, 0) is 62.1 Å². The monoisotopic (exact) mass is 431 g/mol. The zero-order valence-electron chi connectivity index (χ0n) is 16.3. The Kier molecular flexibility index (Phi) is 5.70. The van der Waals surface area contributed by atoms with Gasteiger partial charge in [0.15, 0.2) is 0 Å². The summed E-state index contributed by atoms with van der Waals surface area (Å²) >= 11 is 12.1. The van der Waals surface area contributed by atoms with Gasteiger partial charge in [-0.3, -0.25) is 9.59 Å². The molecule has 2 aliphatic heterocycles. The lowest BCUT2D eigenvalue weighted by Crippen LogP contribution is -2.43. The Morgan fingerprint density at radius 1 is 1.10 bits per heavy atom. The van der Waals surface area contributed by atoms with Crippen molar-refractivity contribution in [3.05, 3.63) is 57.6 Å². The fourth-order valence-electron chi connectivity index (χ4n) is 4.20. The quantitative estimate of drug-likeness (QED) is 0.767. The van der Waals surface area contributed by atoms with Gasteiger partial charge in [0.1, 0.15) is 6.04 Å². The lowest BCUT2D eigenvalue weighted by atomic mass is 10.1. The summed E-state index contributed by atoms with van der Waals surface area (Å²) in [4.78, 5) is 29.9. The zero-order valence-corrected chi connectivity index (χ0v) is 17.8. The predicted molar refractivity (Wildman–Crippen MR) is 117 cm³/mol. The van der Waals surface area contributed by atoms with Gasteiger partial charge in [0.05, 0.1) is 0 Å². The van der Waals surface area contributed by atoms with Crippen LogP contribution < -0.4 is 10.2 Å². The van der Waals surface area contributed by atoms with Gasteiger partial charge >= 0.3 is 0 Å². The molecular formula is C22H23Cl2N3O2. The first kappa shape index (κ1) is 20.0. The standard InChI is InChI=1S/C22H23Cl2N3O2/c1-2-26-9-7-14-5-6-18(13-20(14)26)25-21(28)19-4-3-8-27(19)22(29)15-10-16(23)12-17(24)11-15/h5-6,10-13,19H,2-4,7-9H2,1H3,(H,25,28). The van der Waals surface area contributed by atoms with Gasteiger partial charge in [-0.1, -0.05) is 29.3 Å². The van der Waals surface area contributed by atoms with E-state index in [0.29, 0.717) is 28.6 Å². The number of fused-ring (bicyclic) bond motifs is 1. The number of likely N-dealkylation sites (N-methyl/N-ethyl adjacent to an activating group) is 1. The second kappa shape index (κ2) is 8.25. The summed E-state index contributed by atoms with van der Waals surface area (Å²) in [6.07, 6.45) is 2.45. The molecular weight excluding hydrogens is 409 g/mol. The molecule has 0 saturated carbocycles. The minimum absolute atomic E-state index is 0.162. The van der Waals surface area contributed by atoms with Crippen molar-refractivity contribution < 1.29 is 9.59 Å². The molecule has 2 heterocycles. The van der Waals surface area contributed by atoms with Crippen LogP contribution in [-0.2, 0) is 11.2 Å². The number of hydrogen-bond donors (Lipinski definition) is 1. The number of benzene rings is 2. The van der Waals surface area contributed by atoms with Gasteiger partial charge in [-0.25, -0.2) is 0 Å². The van der Waals surface area contributed by atoms with E-state index < -0.39 is 6.04 Å². The molecule has 1 N–H and O–H groups in total. The summed E-state index contributed by atoms with van der Waals surface area (Å²) < 4.78 is 0. The Morgan fingerprint density at radius 2 is 1.86 bits per heavy atom. The summed E-state index contributed by atoms with van der Waals surface area (Å²) in [5.41, 5.74) is 3.65. The molecule has 7 heteroatoms. The third-order valence-electron chi connectivity index (χ3n) is 5.65. The topological polar surface area (TPSA) is 52.7 Å². The minimum Gasteiger partial charge on any atom is -0.371 e. The largest absolute Gasteiger partial charge is 0.371 e. The average molecular weight is 432 g/mol. The molecule has 0 spiro atoms. The SMILES string of the molecule is CCN1CCc2ccc(NC(=O)C3CCCN3C(=O)c3cc(Cl)cc(Cl)c3)cc21. The highest BCUT2D eigenvalue weighted by Crippen LogP contribution is 2.31. The molecule has 1 saturated heterocycles. The molecule has 5 nitrogen and oxygen atoms in total. The molecule has 2 aliphatic rings. The van der Waals surface area contributed by atoms with Gasteiger partial charge < -0.3 is 15.1 Å². The summed E-state index contributed by atoms with van der Waals surface area (Å²) in [5.74, 6) is -0.386. The van der Waals surface area contributed by atoms with Crippen LogP contribution in [0.2, 0.25) is 10.0 Å². The van der Waals surface area contributed by atoms with Gasteiger partial charge in [0.25, 0.3) is 5.91 Å². The number of nitrogens with zero attached hydrogens (tertiary/aromatic N) is 2. The number of nitrogens with one attached hydrogen (secondary N) is 1. The predicted octanol–water partition coefficient (Wildman–Crippen LogP) is 4.62. The fourth-order valence-corrected chi connectivity index (χ4v) is 4.73. The van der Waals surface area contributed by atoms with E-state index in [0.717, 1.165) is 31.6 Å². The van der Waals surface area contributed by atoms with Gasteiger partial charge in [0.2, 0.25) is 5.91 Å². The molecule has 0 radical (unpaired) electrons. The Balaban J connectivity index is 1.50. The van der Waals surface area contributed by atoms with E-state index in [9.17, 15) is 9.59 Å². The van der Waals surface area contributed by atoms with Crippen LogP contribution in [0.15, 0.2) is 36.4 Å². The Bertz CT molecular complexity index is 943. The van der Waals surface area contributed by atoms with E-state index >= 15 is 0 Å². The minimum atomic E-state index is -0.504. The molecule has 0 aromatic heterocycles. The summed E-state index contributed by atoms with van der Waals surface area (Å²) in [6.45, 7) is 4.62. The van der Waals surface area contributed by atoms with E-state index in [4.69, 9.17) is 23.2 Å². The van der Waals surface area contributed by atoms with E-state index in [2.05, 4.69) is 23.2 Å². The number of amides is 2. The van der Waals surface area contributed by atoms with Gasteiger partial charge in [0, 0.05) is 46.6 Å². The molecule has 0 aliphatic carbocycles. The lowest BCUT2D eigenvalue weighted by molar-refractivity contribution is -0.119. The van der Waals surface area contributed by atoms with Crippen LogP contribution in [0.4, 0.5) is 11.4 Å². The van der Waals surface area contributed by atoms with E-state index in [1.54, 1.807) is 23.1 Å². The number of hydrogen-bond acceptors (Lipinski definition) is 3. The second-order valence-electron chi connectivity index (χ2n) is 7.48. The highest BCUT2D eigenvalue weighted by atomic mass is 35.5. The second-order valence-corrected chi connectivity index (χ2v) is 8.35. The summed E-state index contributed by atoms with van der Waals surface area (Å²) in [5, 5.41) is 3.81. The number of likely N-dealkylation sites (tertiary alicyclic amines) is 1. The van der Waals surface area contributed by atoms with Crippen LogP contribution in [0.3, 0.4) is 0 Å². The maximum Gasteiger partial charge on any atom is 0.254 e. The fraction of sp³-hybridized carbons (Fsp3) is 0.364. The third kappa shape index (κ3) is 4.07. The molecule has 2 aromatic rings. The smallest absolute Gasteiger partial charge is 0.254 e. The Labute approximate surface area is 180 Å². The first-order chi connectivity index (χ1) is 14.0. The molecule has 2 aromatic carbocycles. The number of anilines is 2. The van der Waals surface area contributed by atoms with Crippen molar-refractivity contribution in [3.63, 3.8) is 0 Å². The Hall–Kier alpha value is -2.24. The highest BCUT2D eigenvalue weighted by molar-refractivity contribution is 6.35. The molecule has 152 valence electrons. The van der Waals surface area contributed by atoms with Crippen LogP contribution in [0, 0.1) is 0 Å². The molecule has 1 unspecified atom stereocenters. The van der Waals surface area contributed by atoms with Crippen molar-refractivity contribution in [3.8, 4) is 0 Å². The maximum absolute atomic E-state index is 13.0. The number of carbonyl (C=O) groups excluding carboxylic acids is 2. The third-order valence-corrected chi connectivity index (χ3v) is 6.09. The summed E-state index contributed by atoms with van der Waals surface area (Å²) in [7, 11) is 0. The van der Waals surface area contributed by atoms with E-state index in [1.165, 1.54) is 11.3 Å². The van der Waals surface area contributed by atoms with Gasteiger partial charge in [-0.2, -0.15) is 0 Å². The molecule has 29 heavy (non-hydrogen) atoms. The van der Waals surface area contributed by atoms with Crippen molar-refractivity contribution in [2.24, 2.45) is 0 Å². The normalized spacial score (nSPS) is 18.1. The van der Waals surface area contributed by atoms with Crippen molar-refractivity contribution in [1.29, 1.82) is 0 Å². The maximum atomic E-state index is 13.0. The average Bonchev–Trinajstić information content (AvgIpc) is 3.33. The van der Waals surface area contributed by atoms with Crippen LogP contribution >= 0.6 is 23.2 Å². The van der Waals surface area contributed by atoms with Crippen molar-refractivity contribution >= 4 is 46.4 Å². The van der Waals surface area contributed by atoms with Crippen LogP contribution in [0.5, 0.6) is 0 Å². The molecule has 0 bridgehead atoms. The van der Waals surface area contributed by atoms with Crippen LogP contribution in [-0.4, -0.2) is 42.4 Å². The summed E-state index contributed by atoms with van der Waals surface area (Å²) in [6, 6.07) is 10.3. The number of carbonyl (C=O) groups is 2. The Morgan fingerprint density at radius 3 is 2.59 bits per heavy atom. The van der Waals surface area contributed by atoms with Crippen molar-refractivity contribution in [2.45, 2.75) is 32.2 Å². The van der Waals surface area contributed by atoms with Crippen molar-refractivity contribution in [2.75, 3.05) is 29.9 Å². The van der Waals surface area contributed by atoms with E-state index in [-0.39, 0.29) is 11.8 Å². The first-order valence-electron chi connectivity index (χ1n) is 9.92. The van der Waals surface area contributed by atoms with Crippen molar-refractivity contribution in [1.82, 2.24) is 4.90 Å². The lowest BCUT2D eigenvalue weighted by Gasteiger charge is -2.24. The van der Waals surface area contributed by atoms with Gasteiger partial charge in [-0.15, -0.1) is 0 Å². The zero-order chi connectivity index (χ0) is 20.5. The highest BCUT2D eigenvalue weighted by Gasteiger charge is 2.35. The molecule has 2 amide bonds. The molecule has 1 atom stereocenters. The number of halogens is 2. The molecule has 1 fully saturated rings.